The first kappa shape index (κ1) is 17.2. The summed E-state index contributed by atoms with van der Waals surface area (Å²) < 4.78 is 5.31. The van der Waals surface area contributed by atoms with Crippen LogP contribution in [0.15, 0.2) is 42.7 Å². The number of hydrogen-bond acceptors (Lipinski definition) is 5. The van der Waals surface area contributed by atoms with Gasteiger partial charge in [0.25, 0.3) is 5.91 Å². The predicted molar refractivity (Wildman–Crippen MR) is 94.6 cm³/mol. The Labute approximate surface area is 147 Å². The number of nitrogens with one attached hydrogen (secondary N) is 2. The molecule has 7 heteroatoms. The van der Waals surface area contributed by atoms with E-state index in [1.165, 1.54) is 4.90 Å². The van der Waals surface area contributed by atoms with Gasteiger partial charge in [-0.3, -0.25) is 4.79 Å². The van der Waals surface area contributed by atoms with Crippen molar-refractivity contribution in [3.05, 3.63) is 48.3 Å². The lowest BCUT2D eigenvalue weighted by Crippen LogP contribution is -3.16. The lowest BCUT2D eigenvalue weighted by molar-refractivity contribution is -0.892. The number of anilines is 1. The fraction of sp³-hybridized carbons (Fsp3) is 0.389. The fourth-order valence-corrected chi connectivity index (χ4v) is 2.99. The molecular formula is C18H24N5O2+. The third kappa shape index (κ3) is 4.67. The number of aromatic nitrogens is 2. The van der Waals surface area contributed by atoms with Crippen molar-refractivity contribution in [2.75, 3.05) is 44.7 Å². The maximum atomic E-state index is 12.2. The molecule has 0 unspecified atom stereocenters. The Bertz CT molecular complexity index is 687. The Morgan fingerprint density at radius 1 is 1.20 bits per heavy atom. The molecule has 1 saturated heterocycles. The monoisotopic (exact) mass is 342 g/mol. The summed E-state index contributed by atoms with van der Waals surface area (Å²) in [6.45, 7) is 4.50. The molecule has 1 aliphatic heterocycles. The van der Waals surface area contributed by atoms with E-state index in [1.54, 1.807) is 19.5 Å². The number of hydrogen-bond donors (Lipinski definition) is 2. The minimum absolute atomic E-state index is 0.0605. The molecule has 1 fully saturated rings. The SMILES string of the molecule is COc1ccccc1CNC(=O)C[NH+]1CCN(c2ncccn2)CC1. The highest BCUT2D eigenvalue weighted by Gasteiger charge is 2.23. The van der Waals surface area contributed by atoms with Crippen LogP contribution >= 0.6 is 0 Å². The minimum Gasteiger partial charge on any atom is -0.496 e. The number of ether oxygens (including phenoxy) is 1. The van der Waals surface area contributed by atoms with Crippen molar-refractivity contribution in [2.24, 2.45) is 0 Å². The Hall–Kier alpha value is -2.67. The van der Waals surface area contributed by atoms with Crippen LogP contribution in [0.5, 0.6) is 5.75 Å². The molecule has 2 N–H and O–H groups in total. The van der Waals surface area contributed by atoms with Crippen LogP contribution in [0.1, 0.15) is 5.56 Å². The molecule has 0 bridgehead atoms. The van der Waals surface area contributed by atoms with Crippen molar-refractivity contribution in [3.63, 3.8) is 0 Å². The largest absolute Gasteiger partial charge is 0.496 e. The van der Waals surface area contributed by atoms with Gasteiger partial charge < -0.3 is 19.9 Å². The normalized spacial score (nSPS) is 15.0. The molecule has 1 aliphatic rings. The molecule has 0 spiro atoms. The van der Waals surface area contributed by atoms with Gasteiger partial charge in [-0.15, -0.1) is 0 Å². The van der Waals surface area contributed by atoms with Gasteiger partial charge in [0.15, 0.2) is 6.54 Å². The van der Waals surface area contributed by atoms with Crippen molar-refractivity contribution in [1.82, 2.24) is 15.3 Å². The van der Waals surface area contributed by atoms with E-state index in [-0.39, 0.29) is 5.91 Å². The second-order valence-corrected chi connectivity index (χ2v) is 6.05. The number of carbonyl (C=O) groups is 1. The quantitative estimate of drug-likeness (QED) is 0.741. The number of para-hydroxylation sites is 1. The fourth-order valence-electron chi connectivity index (χ4n) is 2.99. The van der Waals surface area contributed by atoms with Crippen molar-refractivity contribution >= 4 is 11.9 Å². The molecule has 25 heavy (non-hydrogen) atoms. The van der Waals surface area contributed by atoms with Gasteiger partial charge in [0, 0.05) is 24.5 Å². The summed E-state index contributed by atoms with van der Waals surface area (Å²) in [5, 5.41) is 2.99. The number of nitrogens with zero attached hydrogens (tertiary/aromatic N) is 3. The van der Waals surface area contributed by atoms with Gasteiger partial charge in [0.2, 0.25) is 5.95 Å². The third-order valence-corrected chi connectivity index (χ3v) is 4.38. The van der Waals surface area contributed by atoms with E-state index in [0.29, 0.717) is 13.1 Å². The standard InChI is InChI=1S/C18H23N5O2/c1-25-16-6-3-2-5-15(16)13-21-17(24)14-22-9-11-23(12-10-22)18-19-7-4-8-20-18/h2-8H,9-14H2,1H3,(H,21,24)/p+1. The van der Waals surface area contributed by atoms with Gasteiger partial charge in [-0.25, -0.2) is 9.97 Å². The van der Waals surface area contributed by atoms with E-state index in [1.807, 2.05) is 30.3 Å². The Kier molecular flexibility index (Phi) is 5.79. The van der Waals surface area contributed by atoms with E-state index in [9.17, 15) is 4.79 Å². The van der Waals surface area contributed by atoms with Crippen molar-refractivity contribution in [1.29, 1.82) is 0 Å². The lowest BCUT2D eigenvalue weighted by atomic mass is 10.2. The first-order valence-electron chi connectivity index (χ1n) is 8.50. The van der Waals surface area contributed by atoms with Crippen LogP contribution in [0.3, 0.4) is 0 Å². The number of benzene rings is 1. The summed E-state index contributed by atoms with van der Waals surface area (Å²) in [6, 6.07) is 9.55. The average Bonchev–Trinajstić information content (AvgIpc) is 2.68. The maximum absolute atomic E-state index is 12.2. The van der Waals surface area contributed by atoms with Gasteiger partial charge in [-0.1, -0.05) is 18.2 Å². The van der Waals surface area contributed by atoms with Crippen molar-refractivity contribution in [3.8, 4) is 5.75 Å². The molecule has 1 aromatic heterocycles. The maximum Gasteiger partial charge on any atom is 0.275 e. The molecule has 2 aromatic rings. The zero-order valence-electron chi connectivity index (χ0n) is 14.4. The summed E-state index contributed by atoms with van der Waals surface area (Å²) in [7, 11) is 1.64. The van der Waals surface area contributed by atoms with Crippen LogP contribution in [0.25, 0.3) is 0 Å². The number of methoxy groups -OCH3 is 1. The molecule has 1 aromatic carbocycles. The lowest BCUT2D eigenvalue weighted by Gasteiger charge is -2.31. The molecule has 0 atom stereocenters. The zero-order chi connectivity index (χ0) is 17.5. The number of quaternary nitrogens is 1. The predicted octanol–water partition coefficient (Wildman–Crippen LogP) is -0.493. The molecule has 132 valence electrons. The average molecular weight is 342 g/mol. The highest BCUT2D eigenvalue weighted by atomic mass is 16.5. The topological polar surface area (TPSA) is 71.8 Å². The molecular weight excluding hydrogens is 318 g/mol. The first-order valence-corrected chi connectivity index (χ1v) is 8.50. The van der Waals surface area contributed by atoms with Crippen LogP contribution in [-0.4, -0.2) is 55.7 Å². The molecule has 2 heterocycles. The van der Waals surface area contributed by atoms with Gasteiger partial charge in [-0.2, -0.15) is 0 Å². The molecule has 0 saturated carbocycles. The highest BCUT2D eigenvalue weighted by Crippen LogP contribution is 2.16. The molecule has 0 aliphatic carbocycles. The molecule has 3 rings (SSSR count). The Morgan fingerprint density at radius 3 is 2.64 bits per heavy atom. The van der Waals surface area contributed by atoms with Crippen LogP contribution in [0, 0.1) is 0 Å². The molecule has 1 amide bonds. The summed E-state index contributed by atoms with van der Waals surface area (Å²) >= 11 is 0. The highest BCUT2D eigenvalue weighted by molar-refractivity contribution is 5.76. The van der Waals surface area contributed by atoms with Crippen LogP contribution in [0.4, 0.5) is 5.95 Å². The van der Waals surface area contributed by atoms with Crippen LogP contribution in [0.2, 0.25) is 0 Å². The van der Waals surface area contributed by atoms with E-state index in [0.717, 1.165) is 43.4 Å². The molecule has 0 radical (unpaired) electrons. The van der Waals surface area contributed by atoms with Crippen molar-refractivity contribution in [2.45, 2.75) is 6.54 Å². The van der Waals surface area contributed by atoms with Crippen LogP contribution in [-0.2, 0) is 11.3 Å². The van der Waals surface area contributed by atoms with Gasteiger partial charge in [-0.05, 0) is 12.1 Å². The van der Waals surface area contributed by atoms with Gasteiger partial charge >= 0.3 is 0 Å². The number of piperazine rings is 1. The van der Waals surface area contributed by atoms with E-state index < -0.39 is 0 Å². The smallest absolute Gasteiger partial charge is 0.275 e. The van der Waals surface area contributed by atoms with Crippen molar-refractivity contribution < 1.29 is 14.4 Å². The third-order valence-electron chi connectivity index (χ3n) is 4.38. The van der Waals surface area contributed by atoms with E-state index in [2.05, 4.69) is 20.2 Å². The van der Waals surface area contributed by atoms with Crippen LogP contribution < -0.4 is 19.9 Å². The zero-order valence-corrected chi connectivity index (χ0v) is 14.4. The first-order chi connectivity index (χ1) is 12.3. The van der Waals surface area contributed by atoms with Gasteiger partial charge in [0.1, 0.15) is 5.75 Å². The summed E-state index contributed by atoms with van der Waals surface area (Å²) in [4.78, 5) is 24.2. The number of amides is 1. The second-order valence-electron chi connectivity index (χ2n) is 6.05. The van der Waals surface area contributed by atoms with Gasteiger partial charge in [0.05, 0.1) is 33.3 Å². The Balaban J connectivity index is 1.43. The second kappa shape index (κ2) is 8.43. The number of carbonyl (C=O) groups excluding carboxylic acids is 1. The molecule has 7 nitrogen and oxygen atoms in total. The number of rotatable bonds is 6. The minimum atomic E-state index is 0.0605. The van der Waals surface area contributed by atoms with E-state index in [4.69, 9.17) is 4.74 Å². The summed E-state index contributed by atoms with van der Waals surface area (Å²) in [6.07, 6.45) is 3.51. The Morgan fingerprint density at radius 2 is 1.92 bits per heavy atom. The van der Waals surface area contributed by atoms with E-state index >= 15 is 0 Å². The summed E-state index contributed by atoms with van der Waals surface area (Å²) in [5.41, 5.74) is 0.986. The summed E-state index contributed by atoms with van der Waals surface area (Å²) in [5.74, 6) is 1.62.